The first kappa shape index (κ1) is 48.0. The highest BCUT2D eigenvalue weighted by Crippen LogP contribution is 2.36. The Bertz CT molecular complexity index is 2130. The van der Waals surface area contributed by atoms with Gasteiger partial charge in [0.2, 0.25) is 0 Å². The van der Waals surface area contributed by atoms with Crippen molar-refractivity contribution in [3.05, 3.63) is 179 Å². The summed E-state index contributed by atoms with van der Waals surface area (Å²) in [4.78, 5) is 27.3. The molecule has 10 atom stereocenters. The molecule has 2 fully saturated rings. The van der Waals surface area contributed by atoms with Crippen LogP contribution in [-0.4, -0.2) is 90.0 Å². The molecule has 13 heteroatoms. The fourth-order valence-electron chi connectivity index (χ4n) is 7.67. The zero-order valence-corrected chi connectivity index (χ0v) is 37.5. The van der Waals surface area contributed by atoms with Crippen LogP contribution in [0, 0.1) is 0 Å². The fourth-order valence-corrected chi connectivity index (χ4v) is 8.64. The maximum absolute atomic E-state index is 13.7. The van der Waals surface area contributed by atoms with E-state index in [2.05, 4.69) is 0 Å². The highest BCUT2D eigenvalue weighted by molar-refractivity contribution is 7.99. The van der Waals surface area contributed by atoms with Crippen LogP contribution in [0.1, 0.15) is 48.1 Å². The molecule has 0 radical (unpaired) electrons. The average Bonchev–Trinajstić information content (AvgIpc) is 3.34. The molecule has 5 aromatic carbocycles. The quantitative estimate of drug-likeness (QED) is 0.0532. The summed E-state index contributed by atoms with van der Waals surface area (Å²) in [5.74, 6) is -1.05. The van der Waals surface area contributed by atoms with E-state index in [0.29, 0.717) is 12.4 Å². The van der Waals surface area contributed by atoms with Crippen molar-refractivity contribution in [1.82, 2.24) is 0 Å². The van der Waals surface area contributed by atoms with Crippen LogP contribution in [0.15, 0.2) is 152 Å². The van der Waals surface area contributed by atoms with Crippen molar-refractivity contribution >= 4 is 23.7 Å². The second-order valence-corrected chi connectivity index (χ2v) is 17.2. The number of benzene rings is 5. The number of hydrogen-bond acceptors (Lipinski definition) is 13. The lowest BCUT2D eigenvalue weighted by atomic mass is 9.98. The Morgan fingerprint density at radius 2 is 0.938 bits per heavy atom. The molecule has 344 valence electrons. The minimum Gasteiger partial charge on any atom is -0.462 e. The highest BCUT2D eigenvalue weighted by Gasteiger charge is 2.50. The van der Waals surface area contributed by atoms with E-state index < -0.39 is 78.9 Å². The molecule has 0 amide bonds. The molecule has 2 saturated heterocycles. The van der Waals surface area contributed by atoms with Crippen LogP contribution in [0.5, 0.6) is 0 Å². The third-order valence-corrected chi connectivity index (χ3v) is 12.1. The van der Waals surface area contributed by atoms with Crippen molar-refractivity contribution < 1.29 is 57.3 Å². The van der Waals surface area contributed by atoms with E-state index >= 15 is 0 Å². The summed E-state index contributed by atoms with van der Waals surface area (Å²) in [5, 5.41) is 11.3. The Balaban J connectivity index is 1.07. The van der Waals surface area contributed by atoms with Crippen molar-refractivity contribution in [2.45, 2.75) is 114 Å². The zero-order valence-electron chi connectivity index (χ0n) is 36.7. The number of aliphatic hydroxyl groups is 1. The lowest BCUT2D eigenvalue weighted by Gasteiger charge is -2.45. The van der Waals surface area contributed by atoms with Crippen LogP contribution in [0.3, 0.4) is 0 Å². The summed E-state index contributed by atoms with van der Waals surface area (Å²) in [6, 6.07) is 48.4. The van der Waals surface area contributed by atoms with Crippen LogP contribution in [-0.2, 0) is 85.3 Å². The SMILES string of the molecule is CCS[C@H]1O[C@H](COC(=O)CC(=O)O[C@H]2[C@H](OCc3ccccc3)O[C@@H](C)[C@H](O)[C@H]2OCc2ccccc2)[C@@H](OCc2ccccc2)[C@H](OCc2ccccc2)[C@@H]1OCc1ccccc1. The minimum absolute atomic E-state index is 0.122. The number of hydrogen-bond donors (Lipinski definition) is 1. The van der Waals surface area contributed by atoms with Crippen molar-refractivity contribution in [3.8, 4) is 0 Å². The Hall–Kier alpha value is -4.93. The van der Waals surface area contributed by atoms with Gasteiger partial charge in [-0.05, 0) is 40.5 Å². The van der Waals surface area contributed by atoms with Crippen LogP contribution < -0.4 is 0 Å². The molecule has 0 aromatic heterocycles. The van der Waals surface area contributed by atoms with Gasteiger partial charge in [-0.3, -0.25) is 9.59 Å². The monoisotopic (exact) mass is 906 g/mol. The predicted molar refractivity (Wildman–Crippen MR) is 244 cm³/mol. The number of carbonyl (C=O) groups excluding carboxylic acids is 2. The number of aliphatic hydroxyl groups excluding tert-OH is 1. The second kappa shape index (κ2) is 25.1. The number of ether oxygens (including phenoxy) is 9. The fraction of sp³-hybridized carbons (Fsp3) is 0.385. The van der Waals surface area contributed by atoms with Gasteiger partial charge in [-0.25, -0.2) is 0 Å². The van der Waals surface area contributed by atoms with Gasteiger partial charge in [-0.2, -0.15) is 0 Å². The van der Waals surface area contributed by atoms with Gasteiger partial charge in [0.25, 0.3) is 0 Å². The number of esters is 2. The molecule has 1 N–H and O–H groups in total. The van der Waals surface area contributed by atoms with Gasteiger partial charge in [-0.1, -0.05) is 159 Å². The Morgan fingerprint density at radius 3 is 1.40 bits per heavy atom. The third kappa shape index (κ3) is 14.3. The van der Waals surface area contributed by atoms with E-state index in [9.17, 15) is 14.7 Å². The maximum Gasteiger partial charge on any atom is 0.317 e. The molecule has 2 heterocycles. The molecule has 65 heavy (non-hydrogen) atoms. The number of carbonyl (C=O) groups is 2. The standard InChI is InChI=1S/C52H58O12S/c1-3-65-52-50(60-33-40-25-15-7-16-26-40)48(59-32-39-23-13-6-14-24-39)46(57-30-37-19-9-4-10-20-37)42(63-52)35-56-43(53)29-44(54)64-49-47(58-31-38-21-11-5-12-22-38)45(55)36(2)62-51(49)61-34-41-27-17-8-18-28-41/h4-28,36,42,45-52,55H,3,29-35H2,1-2H3/t36-,42+,45-,46+,47+,48-,49+,50-,51+,52+/m0/s1. The van der Waals surface area contributed by atoms with E-state index in [0.717, 1.165) is 27.8 Å². The van der Waals surface area contributed by atoms with Crippen LogP contribution in [0.25, 0.3) is 0 Å². The van der Waals surface area contributed by atoms with Gasteiger partial charge in [-0.15, -0.1) is 11.8 Å². The summed E-state index contributed by atoms with van der Waals surface area (Å²) in [5.41, 5.74) is 4.09. The summed E-state index contributed by atoms with van der Waals surface area (Å²) in [6.07, 6.45) is -8.84. The minimum atomic E-state index is -1.23. The molecular formula is C52H58O12S. The molecule has 0 aliphatic carbocycles. The van der Waals surface area contributed by atoms with Crippen molar-refractivity contribution in [3.63, 3.8) is 0 Å². The molecule has 7 rings (SSSR count). The highest BCUT2D eigenvalue weighted by atomic mass is 32.2. The summed E-state index contributed by atoms with van der Waals surface area (Å²) in [7, 11) is 0. The smallest absolute Gasteiger partial charge is 0.317 e. The van der Waals surface area contributed by atoms with Gasteiger partial charge >= 0.3 is 11.9 Å². The Labute approximate surface area is 385 Å². The van der Waals surface area contributed by atoms with Gasteiger partial charge in [0.15, 0.2) is 12.4 Å². The molecule has 5 aromatic rings. The van der Waals surface area contributed by atoms with E-state index in [1.807, 2.05) is 159 Å². The van der Waals surface area contributed by atoms with Crippen LogP contribution >= 0.6 is 11.8 Å². The summed E-state index contributed by atoms with van der Waals surface area (Å²) in [6.45, 7) is 4.54. The lowest BCUT2D eigenvalue weighted by Crippen LogP contribution is -2.60. The Kier molecular flexibility index (Phi) is 18.5. The normalized spacial score (nSPS) is 25.4. The molecule has 0 bridgehead atoms. The van der Waals surface area contributed by atoms with Crippen LogP contribution in [0.4, 0.5) is 0 Å². The molecule has 12 nitrogen and oxygen atoms in total. The number of thioether (sulfide) groups is 1. The third-order valence-electron chi connectivity index (χ3n) is 11.0. The van der Waals surface area contributed by atoms with E-state index in [1.165, 1.54) is 0 Å². The van der Waals surface area contributed by atoms with Crippen molar-refractivity contribution in [2.75, 3.05) is 12.4 Å². The maximum atomic E-state index is 13.7. The molecule has 0 unspecified atom stereocenters. The predicted octanol–water partition coefficient (Wildman–Crippen LogP) is 7.97. The first-order valence-electron chi connectivity index (χ1n) is 22.1. The lowest BCUT2D eigenvalue weighted by molar-refractivity contribution is -0.307. The van der Waals surface area contributed by atoms with Crippen LogP contribution in [0.2, 0.25) is 0 Å². The molecule has 2 aliphatic heterocycles. The number of rotatable bonds is 22. The molecule has 2 aliphatic rings. The van der Waals surface area contributed by atoms with Gasteiger partial charge in [0.05, 0.1) is 39.1 Å². The van der Waals surface area contributed by atoms with Gasteiger partial charge in [0, 0.05) is 0 Å². The molecular weight excluding hydrogens is 849 g/mol. The van der Waals surface area contributed by atoms with E-state index in [-0.39, 0.29) is 33.0 Å². The van der Waals surface area contributed by atoms with Crippen molar-refractivity contribution in [1.29, 1.82) is 0 Å². The first-order chi connectivity index (χ1) is 31.8. The van der Waals surface area contributed by atoms with Gasteiger partial charge in [0.1, 0.15) is 55.1 Å². The first-order valence-corrected chi connectivity index (χ1v) is 23.1. The largest absolute Gasteiger partial charge is 0.462 e. The average molecular weight is 907 g/mol. The van der Waals surface area contributed by atoms with E-state index in [4.69, 9.17) is 42.6 Å². The Morgan fingerprint density at radius 1 is 0.523 bits per heavy atom. The van der Waals surface area contributed by atoms with Gasteiger partial charge < -0.3 is 47.7 Å². The summed E-state index contributed by atoms with van der Waals surface area (Å²) < 4.78 is 57.0. The summed E-state index contributed by atoms with van der Waals surface area (Å²) >= 11 is 1.56. The van der Waals surface area contributed by atoms with Crippen molar-refractivity contribution in [2.24, 2.45) is 0 Å². The molecule has 0 spiro atoms. The second-order valence-electron chi connectivity index (χ2n) is 15.9. The van der Waals surface area contributed by atoms with E-state index in [1.54, 1.807) is 18.7 Å². The molecule has 0 saturated carbocycles. The topological polar surface area (TPSA) is 137 Å². The zero-order chi connectivity index (χ0) is 45.2.